The van der Waals surface area contributed by atoms with Crippen molar-refractivity contribution in [1.82, 2.24) is 10.2 Å². The van der Waals surface area contributed by atoms with Crippen LogP contribution in [-0.4, -0.2) is 50.8 Å². The number of rotatable bonds is 9. The van der Waals surface area contributed by atoms with E-state index in [1.54, 1.807) is 0 Å². The van der Waals surface area contributed by atoms with E-state index in [1.807, 2.05) is 0 Å². The molecule has 0 heterocycles. The molecule has 2 aliphatic rings. The summed E-state index contributed by atoms with van der Waals surface area (Å²) in [6.07, 6.45) is 5.50. The predicted octanol–water partition coefficient (Wildman–Crippen LogP) is 3.01. The molecule has 0 aromatic carbocycles. The molecule has 2 fully saturated rings. The van der Waals surface area contributed by atoms with Gasteiger partial charge in [0.15, 0.2) is 0 Å². The second-order valence-electron chi connectivity index (χ2n) is 7.66. The van der Waals surface area contributed by atoms with Crippen molar-refractivity contribution in [1.29, 1.82) is 0 Å². The molecule has 0 spiro atoms. The largest absolute Gasteiger partial charge is 0.380 e. The van der Waals surface area contributed by atoms with Gasteiger partial charge in [0.05, 0.1) is 6.61 Å². The van der Waals surface area contributed by atoms with E-state index < -0.39 is 0 Å². The van der Waals surface area contributed by atoms with Crippen LogP contribution in [0.5, 0.6) is 0 Å². The molecule has 0 aromatic heterocycles. The van der Waals surface area contributed by atoms with Crippen molar-refractivity contribution < 1.29 is 4.74 Å². The molecule has 0 bridgehead atoms. The summed E-state index contributed by atoms with van der Waals surface area (Å²) in [7, 11) is 2.26. The van der Waals surface area contributed by atoms with Gasteiger partial charge >= 0.3 is 0 Å². The molecule has 0 saturated heterocycles. The van der Waals surface area contributed by atoms with Gasteiger partial charge in [-0.1, -0.05) is 20.8 Å². The second kappa shape index (κ2) is 8.50. The molecule has 4 unspecified atom stereocenters. The van der Waals surface area contributed by atoms with Crippen LogP contribution < -0.4 is 5.32 Å². The van der Waals surface area contributed by atoms with Crippen molar-refractivity contribution in [2.24, 2.45) is 23.7 Å². The number of likely N-dealkylation sites (N-methyl/N-ethyl adjacent to an activating group) is 1. The third-order valence-corrected chi connectivity index (χ3v) is 5.33. The normalized spacial score (nSPS) is 33.6. The van der Waals surface area contributed by atoms with Crippen molar-refractivity contribution in [3.05, 3.63) is 0 Å². The predicted molar refractivity (Wildman–Crippen MR) is 89.6 cm³/mol. The van der Waals surface area contributed by atoms with Crippen LogP contribution >= 0.6 is 0 Å². The van der Waals surface area contributed by atoms with Crippen LogP contribution in [0.1, 0.15) is 46.5 Å². The first-order chi connectivity index (χ1) is 10.1. The average Bonchev–Trinajstić information content (AvgIpc) is 3.23. The molecule has 3 nitrogen and oxygen atoms in total. The van der Waals surface area contributed by atoms with Gasteiger partial charge in [-0.2, -0.15) is 0 Å². The minimum atomic E-state index is 0.698. The Hall–Kier alpha value is -0.120. The maximum absolute atomic E-state index is 5.78. The summed E-state index contributed by atoms with van der Waals surface area (Å²) in [6.45, 7) is 12.4. The molecule has 2 saturated carbocycles. The first-order valence-corrected chi connectivity index (χ1v) is 9.09. The molecular formula is C18H36N2O. The fourth-order valence-corrected chi connectivity index (χ4v) is 3.92. The lowest BCUT2D eigenvalue weighted by Crippen LogP contribution is -2.48. The summed E-state index contributed by atoms with van der Waals surface area (Å²) in [6, 6.07) is 0.698. The first-order valence-electron chi connectivity index (χ1n) is 9.09. The Morgan fingerprint density at radius 3 is 2.62 bits per heavy atom. The number of hydrogen-bond acceptors (Lipinski definition) is 3. The van der Waals surface area contributed by atoms with Gasteiger partial charge in [0.1, 0.15) is 0 Å². The van der Waals surface area contributed by atoms with E-state index >= 15 is 0 Å². The van der Waals surface area contributed by atoms with E-state index in [-0.39, 0.29) is 0 Å². The fraction of sp³-hybridized carbons (Fsp3) is 1.00. The molecule has 4 atom stereocenters. The summed E-state index contributed by atoms with van der Waals surface area (Å²) in [4.78, 5) is 2.48. The lowest BCUT2D eigenvalue weighted by atomic mass is 9.72. The smallest absolute Gasteiger partial charge is 0.0593 e. The second-order valence-corrected chi connectivity index (χ2v) is 7.66. The Balaban J connectivity index is 1.71. The summed E-state index contributed by atoms with van der Waals surface area (Å²) < 4.78 is 5.78. The van der Waals surface area contributed by atoms with Gasteiger partial charge in [0.25, 0.3) is 0 Å². The lowest BCUT2D eigenvalue weighted by molar-refractivity contribution is 0.0762. The van der Waals surface area contributed by atoms with Crippen LogP contribution in [0, 0.1) is 23.7 Å². The summed E-state index contributed by atoms with van der Waals surface area (Å²) in [5.74, 6) is 3.36. The SMILES string of the molecule is CCNC1CC(C)CC(C)C1CN(C)CCOCC1CC1. The number of ether oxygens (including phenoxy) is 1. The third kappa shape index (κ3) is 5.88. The summed E-state index contributed by atoms with van der Waals surface area (Å²) >= 11 is 0. The van der Waals surface area contributed by atoms with Gasteiger partial charge in [-0.15, -0.1) is 0 Å². The van der Waals surface area contributed by atoms with E-state index in [9.17, 15) is 0 Å². The molecule has 0 radical (unpaired) electrons. The molecule has 0 aliphatic heterocycles. The van der Waals surface area contributed by atoms with Crippen LogP contribution in [0.2, 0.25) is 0 Å². The molecule has 3 heteroatoms. The van der Waals surface area contributed by atoms with Gasteiger partial charge < -0.3 is 15.0 Å². The van der Waals surface area contributed by atoms with Crippen molar-refractivity contribution in [2.45, 2.75) is 52.5 Å². The van der Waals surface area contributed by atoms with Crippen LogP contribution in [0.4, 0.5) is 0 Å². The highest BCUT2D eigenvalue weighted by atomic mass is 16.5. The molecule has 124 valence electrons. The third-order valence-electron chi connectivity index (χ3n) is 5.33. The highest BCUT2D eigenvalue weighted by Crippen LogP contribution is 2.34. The van der Waals surface area contributed by atoms with Gasteiger partial charge in [0.2, 0.25) is 0 Å². The number of nitrogens with zero attached hydrogens (tertiary/aromatic N) is 1. The minimum Gasteiger partial charge on any atom is -0.380 e. The first kappa shape index (κ1) is 17.2. The van der Waals surface area contributed by atoms with Crippen molar-refractivity contribution >= 4 is 0 Å². The minimum absolute atomic E-state index is 0.698. The zero-order valence-corrected chi connectivity index (χ0v) is 14.6. The van der Waals surface area contributed by atoms with E-state index in [0.29, 0.717) is 6.04 Å². The van der Waals surface area contributed by atoms with E-state index in [1.165, 1.54) is 32.2 Å². The standard InChI is InChI=1S/C18H36N2O/c1-5-19-18-11-14(2)10-15(3)17(18)12-20(4)8-9-21-13-16-6-7-16/h14-19H,5-13H2,1-4H3. The summed E-state index contributed by atoms with van der Waals surface area (Å²) in [5.41, 5.74) is 0. The van der Waals surface area contributed by atoms with Gasteiger partial charge in [-0.25, -0.2) is 0 Å². The van der Waals surface area contributed by atoms with E-state index in [2.05, 4.69) is 38.0 Å². The fourth-order valence-electron chi connectivity index (χ4n) is 3.92. The van der Waals surface area contributed by atoms with E-state index in [4.69, 9.17) is 4.74 Å². The Bertz CT molecular complexity index is 293. The lowest BCUT2D eigenvalue weighted by Gasteiger charge is -2.42. The Morgan fingerprint density at radius 1 is 1.19 bits per heavy atom. The van der Waals surface area contributed by atoms with Gasteiger partial charge in [-0.3, -0.25) is 0 Å². The van der Waals surface area contributed by atoms with Crippen molar-refractivity contribution in [3.63, 3.8) is 0 Å². The zero-order chi connectivity index (χ0) is 15.2. The van der Waals surface area contributed by atoms with Crippen LogP contribution in [0.3, 0.4) is 0 Å². The molecule has 2 rings (SSSR count). The average molecular weight is 296 g/mol. The highest BCUT2D eigenvalue weighted by molar-refractivity contribution is 4.88. The van der Waals surface area contributed by atoms with Crippen LogP contribution in [-0.2, 0) is 4.74 Å². The van der Waals surface area contributed by atoms with Gasteiger partial charge in [-0.05, 0) is 62.9 Å². The molecule has 21 heavy (non-hydrogen) atoms. The number of hydrogen-bond donors (Lipinski definition) is 1. The Morgan fingerprint density at radius 2 is 1.95 bits per heavy atom. The molecular weight excluding hydrogens is 260 g/mol. The topological polar surface area (TPSA) is 24.5 Å². The highest BCUT2D eigenvalue weighted by Gasteiger charge is 2.33. The molecule has 1 N–H and O–H groups in total. The maximum atomic E-state index is 5.78. The van der Waals surface area contributed by atoms with Gasteiger partial charge in [0, 0.05) is 25.7 Å². The zero-order valence-electron chi connectivity index (χ0n) is 14.6. The van der Waals surface area contributed by atoms with Crippen molar-refractivity contribution in [2.75, 3.05) is 39.9 Å². The Labute approximate surface area is 131 Å². The monoisotopic (exact) mass is 296 g/mol. The van der Waals surface area contributed by atoms with Crippen LogP contribution in [0.15, 0.2) is 0 Å². The summed E-state index contributed by atoms with van der Waals surface area (Å²) in [5, 5.41) is 3.73. The quantitative estimate of drug-likeness (QED) is 0.662. The molecule has 0 aromatic rings. The molecule has 2 aliphatic carbocycles. The van der Waals surface area contributed by atoms with Crippen molar-refractivity contribution in [3.8, 4) is 0 Å². The van der Waals surface area contributed by atoms with E-state index in [0.717, 1.165) is 50.0 Å². The number of nitrogens with one attached hydrogen (secondary N) is 1. The molecule has 0 amide bonds. The maximum Gasteiger partial charge on any atom is 0.0593 e. The Kier molecular flexibility index (Phi) is 6.97. The van der Waals surface area contributed by atoms with Crippen LogP contribution in [0.25, 0.3) is 0 Å².